The summed E-state index contributed by atoms with van der Waals surface area (Å²) < 4.78 is 6.73. The predicted octanol–water partition coefficient (Wildman–Crippen LogP) is 2.07. The lowest BCUT2D eigenvalue weighted by Crippen LogP contribution is -2.27. The summed E-state index contributed by atoms with van der Waals surface area (Å²) in [5, 5.41) is 17.3. The van der Waals surface area contributed by atoms with Crippen molar-refractivity contribution in [2.24, 2.45) is 0 Å². The molecule has 1 N–H and O–H groups in total. The SMILES string of the molecule is C#CCOc1cccc([C@@H](C)NC(=O)CCn2cc([N+](=O)[O-])cn2)c1. The Balaban J connectivity index is 1.87. The van der Waals surface area contributed by atoms with Crippen LogP contribution in [0, 0.1) is 22.5 Å². The molecule has 1 atom stereocenters. The standard InChI is InChI=1S/C17H18N4O4/c1-3-9-25-16-6-4-5-14(10-16)13(2)19-17(22)7-8-20-12-15(11-18-20)21(23)24/h1,4-6,10-13H,7-9H2,2H3,(H,19,22)/t13-/m1/s1. The number of nitrogens with one attached hydrogen (secondary N) is 1. The van der Waals surface area contributed by atoms with Crippen LogP contribution in [0.5, 0.6) is 5.75 Å². The summed E-state index contributed by atoms with van der Waals surface area (Å²) in [5.74, 6) is 2.85. The molecule has 0 aliphatic heterocycles. The number of hydrogen-bond donors (Lipinski definition) is 1. The van der Waals surface area contributed by atoms with E-state index in [0.717, 1.165) is 11.8 Å². The second-order valence-electron chi connectivity index (χ2n) is 5.32. The van der Waals surface area contributed by atoms with Gasteiger partial charge in [0.1, 0.15) is 24.8 Å². The molecule has 1 heterocycles. The number of carbonyl (C=O) groups is 1. The van der Waals surface area contributed by atoms with Gasteiger partial charge in [-0.05, 0) is 24.6 Å². The molecule has 1 amide bonds. The van der Waals surface area contributed by atoms with E-state index in [2.05, 4.69) is 16.3 Å². The summed E-state index contributed by atoms with van der Waals surface area (Å²) in [6.45, 7) is 2.30. The van der Waals surface area contributed by atoms with Gasteiger partial charge in [0, 0.05) is 13.0 Å². The topological polar surface area (TPSA) is 99.3 Å². The van der Waals surface area contributed by atoms with Crippen molar-refractivity contribution < 1.29 is 14.5 Å². The Morgan fingerprint density at radius 1 is 1.56 bits per heavy atom. The number of aromatic nitrogens is 2. The molecule has 8 heteroatoms. The van der Waals surface area contributed by atoms with E-state index >= 15 is 0 Å². The van der Waals surface area contributed by atoms with E-state index in [1.807, 2.05) is 25.1 Å². The van der Waals surface area contributed by atoms with Crippen LogP contribution >= 0.6 is 0 Å². The summed E-state index contributed by atoms with van der Waals surface area (Å²) >= 11 is 0. The van der Waals surface area contributed by atoms with E-state index in [9.17, 15) is 14.9 Å². The third-order valence-corrected chi connectivity index (χ3v) is 3.46. The number of ether oxygens (including phenoxy) is 1. The van der Waals surface area contributed by atoms with Crippen molar-refractivity contribution in [1.82, 2.24) is 15.1 Å². The average molecular weight is 342 g/mol. The molecule has 25 heavy (non-hydrogen) atoms. The van der Waals surface area contributed by atoms with Gasteiger partial charge in [-0.25, -0.2) is 0 Å². The number of benzene rings is 1. The minimum absolute atomic E-state index is 0.0995. The van der Waals surface area contributed by atoms with E-state index in [1.54, 1.807) is 6.07 Å². The average Bonchev–Trinajstić information content (AvgIpc) is 3.08. The molecule has 0 bridgehead atoms. The van der Waals surface area contributed by atoms with E-state index in [1.165, 1.54) is 10.9 Å². The first-order valence-corrected chi connectivity index (χ1v) is 7.62. The van der Waals surface area contributed by atoms with Crippen molar-refractivity contribution in [3.05, 3.63) is 52.3 Å². The predicted molar refractivity (Wildman–Crippen MR) is 90.8 cm³/mol. The molecule has 0 unspecified atom stereocenters. The number of nitrogens with zero attached hydrogens (tertiary/aromatic N) is 3. The van der Waals surface area contributed by atoms with Crippen molar-refractivity contribution in [3.63, 3.8) is 0 Å². The minimum atomic E-state index is -0.527. The summed E-state index contributed by atoms with van der Waals surface area (Å²) in [4.78, 5) is 22.1. The molecule has 130 valence electrons. The van der Waals surface area contributed by atoms with Gasteiger partial charge >= 0.3 is 5.69 Å². The Kier molecular flexibility index (Phi) is 6.12. The molecule has 2 rings (SSSR count). The zero-order valence-electron chi connectivity index (χ0n) is 13.7. The Morgan fingerprint density at radius 2 is 2.36 bits per heavy atom. The molecule has 0 aliphatic rings. The van der Waals surface area contributed by atoms with E-state index in [-0.39, 0.29) is 37.2 Å². The second-order valence-corrected chi connectivity index (χ2v) is 5.32. The fraction of sp³-hybridized carbons (Fsp3) is 0.294. The molecule has 1 aromatic carbocycles. The molecular weight excluding hydrogens is 324 g/mol. The molecule has 0 saturated heterocycles. The van der Waals surface area contributed by atoms with Gasteiger partial charge in [0.15, 0.2) is 0 Å². The van der Waals surface area contributed by atoms with Gasteiger partial charge in [0.2, 0.25) is 5.91 Å². The summed E-state index contributed by atoms with van der Waals surface area (Å²) in [6.07, 6.45) is 7.78. The van der Waals surface area contributed by atoms with Crippen molar-refractivity contribution in [3.8, 4) is 18.1 Å². The van der Waals surface area contributed by atoms with Crippen LogP contribution in [-0.4, -0.2) is 27.2 Å². The maximum Gasteiger partial charge on any atom is 0.306 e. The maximum atomic E-state index is 12.1. The van der Waals surface area contributed by atoms with Crippen molar-refractivity contribution in [1.29, 1.82) is 0 Å². The molecular formula is C17H18N4O4. The van der Waals surface area contributed by atoms with E-state index in [4.69, 9.17) is 11.2 Å². The smallest absolute Gasteiger partial charge is 0.306 e. The zero-order valence-corrected chi connectivity index (χ0v) is 13.7. The second kappa shape index (κ2) is 8.49. The third-order valence-electron chi connectivity index (χ3n) is 3.46. The van der Waals surface area contributed by atoms with Crippen LogP contribution in [0.1, 0.15) is 24.9 Å². The fourth-order valence-electron chi connectivity index (χ4n) is 2.18. The Bertz CT molecular complexity index is 794. The highest BCUT2D eigenvalue weighted by Crippen LogP contribution is 2.19. The highest BCUT2D eigenvalue weighted by molar-refractivity contribution is 5.76. The highest BCUT2D eigenvalue weighted by atomic mass is 16.6. The Labute approximate surface area is 144 Å². The first-order chi connectivity index (χ1) is 12.0. The molecule has 2 aromatic rings. The fourth-order valence-corrected chi connectivity index (χ4v) is 2.18. The van der Waals surface area contributed by atoms with Crippen LogP contribution in [0.15, 0.2) is 36.7 Å². The van der Waals surface area contributed by atoms with Crippen LogP contribution < -0.4 is 10.1 Å². The molecule has 0 spiro atoms. The van der Waals surface area contributed by atoms with Gasteiger partial charge in [-0.1, -0.05) is 18.1 Å². The Morgan fingerprint density at radius 3 is 3.04 bits per heavy atom. The van der Waals surface area contributed by atoms with Gasteiger partial charge in [-0.2, -0.15) is 5.10 Å². The molecule has 0 aliphatic carbocycles. The quantitative estimate of drug-likeness (QED) is 0.450. The van der Waals surface area contributed by atoms with Crippen LogP contribution in [0.4, 0.5) is 5.69 Å². The molecule has 0 radical (unpaired) electrons. The number of carbonyl (C=O) groups excluding carboxylic acids is 1. The lowest BCUT2D eigenvalue weighted by molar-refractivity contribution is -0.385. The van der Waals surface area contributed by atoms with Gasteiger partial charge in [-0.15, -0.1) is 6.42 Å². The lowest BCUT2D eigenvalue weighted by Gasteiger charge is -2.15. The number of rotatable bonds is 8. The summed E-state index contributed by atoms with van der Waals surface area (Å²) in [6, 6.07) is 7.10. The summed E-state index contributed by atoms with van der Waals surface area (Å²) in [5.41, 5.74) is 0.787. The van der Waals surface area contributed by atoms with Gasteiger partial charge in [0.25, 0.3) is 0 Å². The number of hydrogen-bond acceptors (Lipinski definition) is 5. The van der Waals surface area contributed by atoms with Crippen molar-refractivity contribution >= 4 is 11.6 Å². The third kappa shape index (κ3) is 5.35. The van der Waals surface area contributed by atoms with Gasteiger partial charge in [-0.3, -0.25) is 19.6 Å². The first kappa shape index (κ1) is 18.0. The summed E-state index contributed by atoms with van der Waals surface area (Å²) in [7, 11) is 0. The van der Waals surface area contributed by atoms with Gasteiger partial charge < -0.3 is 10.1 Å². The highest BCUT2D eigenvalue weighted by Gasteiger charge is 2.12. The van der Waals surface area contributed by atoms with Crippen LogP contribution in [0.3, 0.4) is 0 Å². The minimum Gasteiger partial charge on any atom is -0.481 e. The number of aryl methyl sites for hydroxylation is 1. The number of amides is 1. The molecule has 8 nitrogen and oxygen atoms in total. The van der Waals surface area contributed by atoms with Gasteiger partial charge in [0.05, 0.1) is 11.0 Å². The number of terminal acetylenes is 1. The van der Waals surface area contributed by atoms with Crippen molar-refractivity contribution in [2.75, 3.05) is 6.61 Å². The Hall–Kier alpha value is -3.34. The van der Waals surface area contributed by atoms with Crippen LogP contribution in [0.25, 0.3) is 0 Å². The van der Waals surface area contributed by atoms with E-state index in [0.29, 0.717) is 5.75 Å². The molecule has 1 aromatic heterocycles. The van der Waals surface area contributed by atoms with E-state index < -0.39 is 4.92 Å². The van der Waals surface area contributed by atoms with Crippen LogP contribution in [0.2, 0.25) is 0 Å². The monoisotopic (exact) mass is 342 g/mol. The number of nitro groups is 1. The normalized spacial score (nSPS) is 11.4. The first-order valence-electron chi connectivity index (χ1n) is 7.62. The molecule has 0 saturated carbocycles. The zero-order chi connectivity index (χ0) is 18.2. The lowest BCUT2D eigenvalue weighted by atomic mass is 10.1. The maximum absolute atomic E-state index is 12.1. The van der Waals surface area contributed by atoms with Crippen molar-refractivity contribution in [2.45, 2.75) is 25.9 Å². The largest absolute Gasteiger partial charge is 0.481 e. The van der Waals surface area contributed by atoms with Crippen LogP contribution in [-0.2, 0) is 11.3 Å². The molecule has 0 fully saturated rings.